The molecule has 3 aromatic rings. The molecule has 238 valence electrons. The van der Waals surface area contributed by atoms with E-state index in [0.717, 1.165) is 17.4 Å². The maximum absolute atomic E-state index is 15.0. The Morgan fingerprint density at radius 1 is 1.14 bits per heavy atom. The van der Waals surface area contributed by atoms with E-state index in [2.05, 4.69) is 22.5 Å². The van der Waals surface area contributed by atoms with Crippen molar-refractivity contribution in [2.75, 3.05) is 75.4 Å². The molecule has 2 N–H and O–H groups in total. The van der Waals surface area contributed by atoms with Gasteiger partial charge in [0, 0.05) is 31.8 Å². The van der Waals surface area contributed by atoms with Crippen LogP contribution >= 0.6 is 11.3 Å². The number of morpholine rings is 1. The van der Waals surface area contributed by atoms with E-state index in [1.807, 2.05) is 0 Å². The summed E-state index contributed by atoms with van der Waals surface area (Å²) in [5, 5.41) is 6.02. The molecule has 6 nitrogen and oxygen atoms in total. The van der Waals surface area contributed by atoms with E-state index in [9.17, 15) is 30.7 Å². The Balaban J connectivity index is 1.40. The fourth-order valence-corrected chi connectivity index (χ4v) is 6.58. The van der Waals surface area contributed by atoms with Gasteiger partial charge in [0.25, 0.3) is 5.92 Å². The predicted molar refractivity (Wildman–Crippen MR) is 157 cm³/mol. The Kier molecular flexibility index (Phi) is 9.67. The van der Waals surface area contributed by atoms with Crippen LogP contribution in [0.5, 0.6) is 5.75 Å². The first-order chi connectivity index (χ1) is 20.9. The first kappa shape index (κ1) is 32.0. The third kappa shape index (κ3) is 7.44. The second kappa shape index (κ2) is 13.3. The standard InChI is InChI=1S/C30H31F7N4O2S/c1-40-9-7-27(29(33,34)17-40)39-22-5-2-4-19-20(16-30(35,36)37)26(44-28(19)22)6-3-8-38-23-14-21(32)24(15-25(23)43-18-31)41-10-12-42-13-11-41/h2,4-5,14-15,27,38-39H,7-13,16-18H2,1H3. The van der Waals surface area contributed by atoms with Crippen LogP contribution in [-0.2, 0) is 11.2 Å². The number of hydrogen-bond acceptors (Lipinski definition) is 7. The van der Waals surface area contributed by atoms with Crippen molar-refractivity contribution in [2.45, 2.75) is 31.0 Å². The second-order valence-corrected chi connectivity index (χ2v) is 11.7. The van der Waals surface area contributed by atoms with Gasteiger partial charge >= 0.3 is 6.18 Å². The molecule has 0 bridgehead atoms. The molecule has 2 aliphatic rings. The smallest absolute Gasteiger partial charge is 0.393 e. The number of piperidine rings is 1. The summed E-state index contributed by atoms with van der Waals surface area (Å²) in [4.78, 5) is 3.43. The number of nitrogens with one attached hydrogen (secondary N) is 2. The monoisotopic (exact) mass is 644 g/mol. The summed E-state index contributed by atoms with van der Waals surface area (Å²) in [6.45, 7) is 0.507. The number of thiophene rings is 1. The van der Waals surface area contributed by atoms with Crippen LogP contribution in [-0.4, -0.2) is 82.9 Å². The van der Waals surface area contributed by atoms with Crippen molar-refractivity contribution in [3.05, 3.63) is 46.6 Å². The lowest BCUT2D eigenvalue weighted by atomic mass is 10.0. The van der Waals surface area contributed by atoms with Crippen molar-refractivity contribution in [2.24, 2.45) is 0 Å². The first-order valence-corrected chi connectivity index (χ1v) is 14.8. The number of rotatable bonds is 8. The van der Waals surface area contributed by atoms with Crippen molar-refractivity contribution in [3.63, 3.8) is 0 Å². The molecule has 1 aromatic heterocycles. The van der Waals surface area contributed by atoms with Crippen LogP contribution in [0, 0.1) is 17.7 Å². The summed E-state index contributed by atoms with van der Waals surface area (Å²) >= 11 is 0.989. The molecule has 1 atom stereocenters. The van der Waals surface area contributed by atoms with Crippen LogP contribution in [0.3, 0.4) is 0 Å². The molecule has 5 rings (SSSR count). The molecule has 1 unspecified atom stereocenters. The molecule has 0 saturated carbocycles. The average molecular weight is 645 g/mol. The number of ether oxygens (including phenoxy) is 2. The minimum absolute atomic E-state index is 0.0499. The molecule has 0 radical (unpaired) electrons. The normalized spacial score (nSPS) is 19.0. The number of halogens is 7. The molecule has 14 heteroatoms. The minimum Gasteiger partial charge on any atom is -0.461 e. The molecule has 2 aromatic carbocycles. The zero-order valence-corrected chi connectivity index (χ0v) is 24.6. The predicted octanol–water partition coefficient (Wildman–Crippen LogP) is 6.50. The van der Waals surface area contributed by atoms with Gasteiger partial charge in [0.05, 0.1) is 65.4 Å². The minimum atomic E-state index is -4.54. The SMILES string of the molecule is CN1CCC(Nc2cccc3c(CC(F)(F)F)c(C#CCNc4cc(F)c(N5CCOCC5)cc4OCF)sc23)C(F)(F)C1. The number of anilines is 3. The third-order valence-corrected chi connectivity index (χ3v) is 8.69. The lowest BCUT2D eigenvalue weighted by molar-refractivity contribution is -0.126. The van der Waals surface area contributed by atoms with Crippen LogP contribution in [0.2, 0.25) is 0 Å². The van der Waals surface area contributed by atoms with Crippen molar-refractivity contribution < 1.29 is 40.2 Å². The van der Waals surface area contributed by atoms with E-state index in [1.165, 1.54) is 23.1 Å². The zero-order chi connectivity index (χ0) is 31.5. The summed E-state index contributed by atoms with van der Waals surface area (Å²) in [5.74, 6) is 1.99. The lowest BCUT2D eigenvalue weighted by Gasteiger charge is -2.37. The van der Waals surface area contributed by atoms with Crippen LogP contribution in [0.4, 0.5) is 47.8 Å². The van der Waals surface area contributed by atoms with Gasteiger partial charge in [-0.15, -0.1) is 11.3 Å². The van der Waals surface area contributed by atoms with Crippen molar-refractivity contribution in [1.82, 2.24) is 4.90 Å². The van der Waals surface area contributed by atoms with Crippen molar-refractivity contribution in [1.29, 1.82) is 0 Å². The van der Waals surface area contributed by atoms with E-state index < -0.39 is 43.8 Å². The van der Waals surface area contributed by atoms with Gasteiger partial charge in [0.2, 0.25) is 6.86 Å². The number of nitrogens with zero attached hydrogens (tertiary/aromatic N) is 2. The second-order valence-electron chi connectivity index (χ2n) is 10.7. The molecule has 2 saturated heterocycles. The molecule has 0 aliphatic carbocycles. The van der Waals surface area contributed by atoms with Crippen LogP contribution in [0.25, 0.3) is 10.1 Å². The molecule has 2 fully saturated rings. The van der Waals surface area contributed by atoms with Crippen molar-refractivity contribution in [3.8, 4) is 17.6 Å². The van der Waals surface area contributed by atoms with Crippen LogP contribution in [0.15, 0.2) is 30.3 Å². The summed E-state index contributed by atoms with van der Waals surface area (Å²) in [6, 6.07) is 5.99. The van der Waals surface area contributed by atoms with E-state index >= 15 is 0 Å². The van der Waals surface area contributed by atoms with Gasteiger partial charge in [-0.05, 0) is 30.5 Å². The average Bonchev–Trinajstić information content (AvgIpc) is 3.30. The van der Waals surface area contributed by atoms with E-state index in [1.54, 1.807) is 18.0 Å². The molecule has 0 amide bonds. The molecular formula is C30H31F7N4O2S. The fraction of sp³-hybridized carbons (Fsp3) is 0.467. The summed E-state index contributed by atoms with van der Waals surface area (Å²) < 4.78 is 109. The Bertz CT molecular complexity index is 1530. The maximum atomic E-state index is 15.0. The number of likely N-dealkylation sites (tertiary alicyclic amines) is 1. The number of benzene rings is 2. The highest BCUT2D eigenvalue weighted by Crippen LogP contribution is 2.40. The highest BCUT2D eigenvalue weighted by atomic mass is 32.1. The molecule has 0 spiro atoms. The summed E-state index contributed by atoms with van der Waals surface area (Å²) in [5.41, 5.74) is 0.632. The number of fused-ring (bicyclic) bond motifs is 1. The highest BCUT2D eigenvalue weighted by Gasteiger charge is 2.44. The Labute approximate surface area is 254 Å². The summed E-state index contributed by atoms with van der Waals surface area (Å²) in [6.07, 6.45) is -5.62. The van der Waals surface area contributed by atoms with Crippen LogP contribution in [0.1, 0.15) is 16.9 Å². The molecular weight excluding hydrogens is 613 g/mol. The lowest BCUT2D eigenvalue weighted by Crippen LogP contribution is -2.53. The highest BCUT2D eigenvalue weighted by molar-refractivity contribution is 7.20. The topological polar surface area (TPSA) is 49.0 Å². The van der Waals surface area contributed by atoms with E-state index in [0.29, 0.717) is 43.2 Å². The Morgan fingerprint density at radius 2 is 1.91 bits per heavy atom. The van der Waals surface area contributed by atoms with Gasteiger partial charge in [-0.1, -0.05) is 24.0 Å². The quantitative estimate of drug-likeness (QED) is 0.216. The Morgan fingerprint density at radius 3 is 2.61 bits per heavy atom. The van der Waals surface area contributed by atoms with Gasteiger partial charge < -0.3 is 29.9 Å². The van der Waals surface area contributed by atoms with Gasteiger partial charge in [0.1, 0.15) is 11.6 Å². The van der Waals surface area contributed by atoms with Gasteiger partial charge in [-0.2, -0.15) is 13.2 Å². The Hall–Kier alpha value is -3.41. The van der Waals surface area contributed by atoms with E-state index in [4.69, 9.17) is 9.47 Å². The molecule has 3 heterocycles. The molecule has 44 heavy (non-hydrogen) atoms. The van der Waals surface area contributed by atoms with E-state index in [-0.39, 0.29) is 45.9 Å². The summed E-state index contributed by atoms with van der Waals surface area (Å²) in [7, 11) is 1.61. The van der Waals surface area contributed by atoms with Gasteiger partial charge in [0.15, 0.2) is 0 Å². The largest absolute Gasteiger partial charge is 0.461 e. The fourth-order valence-electron chi connectivity index (χ4n) is 5.41. The molecule has 2 aliphatic heterocycles. The zero-order valence-electron chi connectivity index (χ0n) is 23.8. The number of alkyl halides is 6. The first-order valence-electron chi connectivity index (χ1n) is 14.0. The third-order valence-electron chi connectivity index (χ3n) is 7.50. The maximum Gasteiger partial charge on any atom is 0.393 e. The van der Waals surface area contributed by atoms with Crippen molar-refractivity contribution >= 4 is 38.5 Å². The van der Waals surface area contributed by atoms with Gasteiger partial charge in [-0.3, -0.25) is 0 Å². The van der Waals surface area contributed by atoms with Crippen LogP contribution < -0.4 is 20.3 Å². The van der Waals surface area contributed by atoms with Gasteiger partial charge in [-0.25, -0.2) is 17.6 Å². The number of hydrogen-bond donors (Lipinski definition) is 2.